The molecule has 4 atom stereocenters. The van der Waals surface area contributed by atoms with E-state index in [0.717, 1.165) is 11.1 Å². The van der Waals surface area contributed by atoms with Crippen molar-refractivity contribution in [1.82, 2.24) is 0 Å². The molecule has 33 heavy (non-hydrogen) atoms. The Bertz CT molecular complexity index is 1040. The van der Waals surface area contributed by atoms with Crippen LogP contribution in [0.5, 0.6) is 0 Å². The molecule has 176 valence electrons. The molecule has 2 aliphatic rings. The van der Waals surface area contributed by atoms with Crippen molar-refractivity contribution in [1.29, 1.82) is 0 Å². The van der Waals surface area contributed by atoms with Crippen molar-refractivity contribution in [2.24, 2.45) is 11.3 Å². The van der Waals surface area contributed by atoms with E-state index in [-0.39, 0.29) is 23.8 Å². The third-order valence-corrected chi connectivity index (χ3v) is 7.13. The van der Waals surface area contributed by atoms with E-state index in [1.807, 2.05) is 13.8 Å². The number of benzene rings is 1. The number of hydrogen-bond acceptors (Lipinski definition) is 7. The number of rotatable bonds is 7. The zero-order valence-electron chi connectivity index (χ0n) is 19.4. The fraction of sp³-hybridized carbons (Fsp3) is 0.440. The van der Waals surface area contributed by atoms with Crippen LogP contribution in [0.25, 0.3) is 0 Å². The van der Waals surface area contributed by atoms with Gasteiger partial charge in [-0.3, -0.25) is 10.1 Å². The van der Waals surface area contributed by atoms with Gasteiger partial charge in [-0.2, -0.15) is 0 Å². The minimum atomic E-state index is -1.14. The molecule has 1 aromatic rings. The van der Waals surface area contributed by atoms with Gasteiger partial charge in [0.05, 0.1) is 30.2 Å². The van der Waals surface area contributed by atoms with Crippen LogP contribution in [-0.4, -0.2) is 35.7 Å². The Balaban J connectivity index is 2.00. The highest BCUT2D eigenvalue weighted by Gasteiger charge is 2.64. The molecule has 0 aromatic heterocycles. The summed E-state index contributed by atoms with van der Waals surface area (Å²) in [5.74, 6) is -1.48. The summed E-state index contributed by atoms with van der Waals surface area (Å²) in [6.45, 7) is 13.9. The molecule has 0 bridgehead atoms. The number of non-ortho nitro benzene ring substituents is 1. The number of esters is 2. The van der Waals surface area contributed by atoms with Crippen LogP contribution in [0.4, 0.5) is 5.69 Å². The van der Waals surface area contributed by atoms with Gasteiger partial charge in [0.2, 0.25) is 0 Å². The Kier molecular flexibility index (Phi) is 6.61. The number of nitro groups is 1. The third kappa shape index (κ3) is 3.99. The maximum atomic E-state index is 12.8. The van der Waals surface area contributed by atoms with Gasteiger partial charge < -0.3 is 14.2 Å². The Labute approximate surface area is 193 Å². The lowest BCUT2D eigenvalue weighted by Gasteiger charge is -2.54. The van der Waals surface area contributed by atoms with Crippen molar-refractivity contribution < 1.29 is 28.7 Å². The van der Waals surface area contributed by atoms with Crippen LogP contribution in [0.1, 0.15) is 39.2 Å². The molecule has 1 aromatic carbocycles. The third-order valence-electron chi connectivity index (χ3n) is 7.13. The highest BCUT2D eigenvalue weighted by atomic mass is 16.6. The Hall–Kier alpha value is -3.26. The van der Waals surface area contributed by atoms with Crippen LogP contribution >= 0.6 is 0 Å². The topological polar surface area (TPSA) is 105 Å². The van der Waals surface area contributed by atoms with Crippen LogP contribution in [0, 0.1) is 21.4 Å². The summed E-state index contributed by atoms with van der Waals surface area (Å²) in [6.07, 6.45) is 2.35. The van der Waals surface area contributed by atoms with Crippen molar-refractivity contribution in [2.75, 3.05) is 7.11 Å². The Morgan fingerprint density at radius 2 is 2.00 bits per heavy atom. The summed E-state index contributed by atoms with van der Waals surface area (Å²) < 4.78 is 17.1. The normalized spacial score (nSPS) is 29.0. The highest BCUT2D eigenvalue weighted by Crippen LogP contribution is 2.58. The molecule has 1 spiro atoms. The summed E-state index contributed by atoms with van der Waals surface area (Å²) in [4.78, 5) is 35.6. The summed E-state index contributed by atoms with van der Waals surface area (Å²) in [6, 6.07) is 6.15. The lowest BCUT2D eigenvalue weighted by atomic mass is 9.56. The average Bonchev–Trinajstić information content (AvgIpc) is 3.04. The van der Waals surface area contributed by atoms with Crippen LogP contribution in [0.15, 0.2) is 60.2 Å². The van der Waals surface area contributed by atoms with Gasteiger partial charge in [0.15, 0.2) is 0 Å². The first-order chi connectivity index (χ1) is 15.5. The molecule has 1 saturated carbocycles. The average molecular weight is 456 g/mol. The molecule has 8 nitrogen and oxygen atoms in total. The maximum Gasteiger partial charge on any atom is 0.346 e. The lowest BCUT2D eigenvalue weighted by molar-refractivity contribution is -0.384. The predicted molar refractivity (Wildman–Crippen MR) is 121 cm³/mol. The fourth-order valence-corrected chi connectivity index (χ4v) is 4.93. The van der Waals surface area contributed by atoms with Gasteiger partial charge in [-0.05, 0) is 62.8 Å². The molecule has 0 saturated heterocycles. The van der Waals surface area contributed by atoms with Gasteiger partial charge in [0.25, 0.3) is 5.69 Å². The van der Waals surface area contributed by atoms with Crippen molar-refractivity contribution in [3.8, 4) is 0 Å². The number of nitro benzene ring substituents is 1. The second kappa shape index (κ2) is 8.94. The van der Waals surface area contributed by atoms with Gasteiger partial charge >= 0.3 is 11.9 Å². The zero-order valence-corrected chi connectivity index (χ0v) is 19.4. The molecule has 8 heteroatoms. The quantitative estimate of drug-likeness (QED) is 0.197. The SMILES string of the molecule is C=C[C@@]1(C)[C@@H](OCc2ccc([N+](=O)[O-])cc2)C[C@@H](C(=C)C)C[C@@]12OC(=O)C(C(=O)OC)=C2C. The van der Waals surface area contributed by atoms with Crippen LogP contribution in [-0.2, 0) is 30.4 Å². The van der Waals surface area contributed by atoms with E-state index in [1.165, 1.54) is 19.2 Å². The van der Waals surface area contributed by atoms with Gasteiger partial charge in [0, 0.05) is 12.1 Å². The van der Waals surface area contributed by atoms with E-state index in [2.05, 4.69) is 13.2 Å². The van der Waals surface area contributed by atoms with E-state index in [0.29, 0.717) is 18.4 Å². The van der Waals surface area contributed by atoms with E-state index in [1.54, 1.807) is 25.1 Å². The van der Waals surface area contributed by atoms with Crippen molar-refractivity contribution in [2.45, 2.75) is 51.9 Å². The molecule has 0 N–H and O–H groups in total. The van der Waals surface area contributed by atoms with Gasteiger partial charge in [-0.1, -0.05) is 18.2 Å². The smallest absolute Gasteiger partial charge is 0.346 e. The summed E-state index contributed by atoms with van der Waals surface area (Å²) in [7, 11) is 1.22. The monoisotopic (exact) mass is 455 g/mol. The molecular formula is C25H29NO7. The van der Waals surface area contributed by atoms with E-state index < -0.39 is 34.0 Å². The fourth-order valence-electron chi connectivity index (χ4n) is 4.93. The van der Waals surface area contributed by atoms with Gasteiger partial charge in [-0.25, -0.2) is 9.59 Å². The number of hydrogen-bond donors (Lipinski definition) is 0. The minimum Gasteiger partial charge on any atom is -0.465 e. The van der Waals surface area contributed by atoms with Crippen LogP contribution < -0.4 is 0 Å². The first-order valence-electron chi connectivity index (χ1n) is 10.7. The van der Waals surface area contributed by atoms with Gasteiger partial charge in [0.1, 0.15) is 11.2 Å². The highest BCUT2D eigenvalue weighted by molar-refractivity contribution is 6.16. The number of carbonyl (C=O) groups excluding carboxylic acids is 2. The van der Waals surface area contributed by atoms with Gasteiger partial charge in [-0.15, -0.1) is 6.58 Å². The first kappa shape index (κ1) is 24.4. The molecular weight excluding hydrogens is 426 g/mol. The predicted octanol–water partition coefficient (Wildman–Crippen LogP) is 4.44. The molecule has 1 fully saturated rings. The zero-order chi connectivity index (χ0) is 24.6. The molecule has 0 amide bonds. The first-order valence-corrected chi connectivity index (χ1v) is 10.7. The standard InChI is InChI=1S/C25H29NO7/c1-7-24(5)20(32-14-17-8-10-19(11-9-17)26(29)30)12-18(15(2)3)13-25(24)16(4)21(22(27)31-6)23(28)33-25/h7-11,18,20H,1-2,12-14H2,3-6H3/t18-,20+,24+,25+/m1/s1. The number of carbonyl (C=O) groups is 2. The number of ether oxygens (including phenoxy) is 3. The van der Waals surface area contributed by atoms with Crippen LogP contribution in [0.3, 0.4) is 0 Å². The summed E-state index contributed by atoms with van der Waals surface area (Å²) in [5, 5.41) is 10.9. The number of methoxy groups -OCH3 is 1. The van der Waals surface area contributed by atoms with E-state index in [9.17, 15) is 19.7 Å². The largest absolute Gasteiger partial charge is 0.465 e. The molecule has 1 heterocycles. The molecule has 1 aliphatic heterocycles. The summed E-state index contributed by atoms with van der Waals surface area (Å²) in [5.41, 5.74) is 0.0950. The molecule has 0 radical (unpaired) electrons. The van der Waals surface area contributed by atoms with Crippen molar-refractivity contribution in [3.63, 3.8) is 0 Å². The van der Waals surface area contributed by atoms with E-state index in [4.69, 9.17) is 14.2 Å². The lowest BCUT2D eigenvalue weighted by Crippen LogP contribution is -2.59. The van der Waals surface area contributed by atoms with Crippen molar-refractivity contribution in [3.05, 3.63) is 75.9 Å². The second-order valence-corrected chi connectivity index (χ2v) is 8.90. The molecule has 0 unspecified atom stereocenters. The number of allylic oxidation sites excluding steroid dienone is 1. The van der Waals surface area contributed by atoms with E-state index >= 15 is 0 Å². The second-order valence-electron chi connectivity index (χ2n) is 8.90. The van der Waals surface area contributed by atoms with Crippen LogP contribution in [0.2, 0.25) is 0 Å². The van der Waals surface area contributed by atoms with Crippen molar-refractivity contribution >= 4 is 17.6 Å². The summed E-state index contributed by atoms with van der Waals surface area (Å²) >= 11 is 0. The Morgan fingerprint density at radius 1 is 1.36 bits per heavy atom. The maximum absolute atomic E-state index is 12.8. The Morgan fingerprint density at radius 3 is 2.52 bits per heavy atom. The number of nitrogens with zero attached hydrogens (tertiary/aromatic N) is 1. The molecule has 3 rings (SSSR count). The minimum absolute atomic E-state index is 0.00242. The molecule has 1 aliphatic carbocycles.